The molecule has 3 aliphatic rings. The first-order valence-corrected chi connectivity index (χ1v) is 7.67. The Kier molecular flexibility index (Phi) is 4.35. The fourth-order valence-corrected chi connectivity index (χ4v) is 3.10. The fourth-order valence-electron chi connectivity index (χ4n) is 3.10. The van der Waals surface area contributed by atoms with Crippen molar-refractivity contribution in [2.75, 3.05) is 32.8 Å². The summed E-state index contributed by atoms with van der Waals surface area (Å²) < 4.78 is 5.68. The van der Waals surface area contributed by atoms with E-state index < -0.39 is 0 Å². The molecule has 5 heteroatoms. The molecule has 108 valence electrons. The predicted octanol–water partition coefficient (Wildman–Crippen LogP) is 0.108. The number of nitrogens with one attached hydrogen (secondary N) is 2. The third-order valence-electron chi connectivity index (χ3n) is 4.38. The third-order valence-corrected chi connectivity index (χ3v) is 4.38. The summed E-state index contributed by atoms with van der Waals surface area (Å²) in [4.78, 5) is 14.4. The Morgan fingerprint density at radius 3 is 2.74 bits per heavy atom. The van der Waals surface area contributed by atoms with Gasteiger partial charge < -0.3 is 15.4 Å². The van der Waals surface area contributed by atoms with E-state index in [1.165, 1.54) is 12.8 Å². The minimum Gasteiger partial charge on any atom is -0.368 e. The van der Waals surface area contributed by atoms with E-state index in [-0.39, 0.29) is 18.6 Å². The summed E-state index contributed by atoms with van der Waals surface area (Å²) in [6.07, 6.45) is 6.09. The second-order valence-electron chi connectivity index (χ2n) is 6.04. The van der Waals surface area contributed by atoms with E-state index in [4.69, 9.17) is 4.74 Å². The number of nitrogens with zero attached hydrogens (tertiary/aromatic N) is 1. The number of hydrogen-bond acceptors (Lipinski definition) is 4. The van der Waals surface area contributed by atoms with E-state index in [1.807, 2.05) is 0 Å². The van der Waals surface area contributed by atoms with Crippen LogP contribution in [-0.2, 0) is 9.53 Å². The van der Waals surface area contributed by atoms with Gasteiger partial charge in [-0.1, -0.05) is 0 Å². The molecule has 1 amide bonds. The van der Waals surface area contributed by atoms with E-state index >= 15 is 0 Å². The highest BCUT2D eigenvalue weighted by Gasteiger charge is 2.34. The van der Waals surface area contributed by atoms with Crippen molar-refractivity contribution in [2.24, 2.45) is 0 Å². The lowest BCUT2D eigenvalue weighted by atomic mass is 10.1. The minimum absolute atomic E-state index is 0.0566. The first-order valence-electron chi connectivity index (χ1n) is 7.67. The van der Waals surface area contributed by atoms with Gasteiger partial charge in [0.05, 0.1) is 6.10 Å². The van der Waals surface area contributed by atoms with E-state index in [9.17, 15) is 4.79 Å². The molecule has 0 aromatic rings. The lowest BCUT2D eigenvalue weighted by Crippen LogP contribution is -2.41. The molecule has 2 N–H and O–H groups in total. The molecule has 0 aromatic carbocycles. The number of carbonyl (C=O) groups excluding carboxylic acids is 1. The topological polar surface area (TPSA) is 53.6 Å². The van der Waals surface area contributed by atoms with Crippen molar-refractivity contribution in [3.63, 3.8) is 0 Å². The molecule has 2 heterocycles. The van der Waals surface area contributed by atoms with Gasteiger partial charge in [-0.2, -0.15) is 0 Å². The average molecular weight is 267 g/mol. The highest BCUT2D eigenvalue weighted by atomic mass is 16.5. The zero-order chi connectivity index (χ0) is 13.1. The van der Waals surface area contributed by atoms with Crippen molar-refractivity contribution in [1.82, 2.24) is 15.5 Å². The molecule has 19 heavy (non-hydrogen) atoms. The second kappa shape index (κ2) is 6.20. The number of carbonyl (C=O) groups is 1. The van der Waals surface area contributed by atoms with Crippen molar-refractivity contribution in [3.05, 3.63) is 0 Å². The second-order valence-corrected chi connectivity index (χ2v) is 6.04. The molecule has 2 saturated heterocycles. The average Bonchev–Trinajstić information content (AvgIpc) is 3.19. The van der Waals surface area contributed by atoms with Gasteiger partial charge in [0.25, 0.3) is 0 Å². The maximum atomic E-state index is 11.9. The van der Waals surface area contributed by atoms with E-state index in [0.717, 1.165) is 51.5 Å². The number of amides is 1. The lowest BCUT2D eigenvalue weighted by molar-refractivity contribution is -0.128. The van der Waals surface area contributed by atoms with Gasteiger partial charge in [-0.25, -0.2) is 0 Å². The number of ether oxygens (including phenoxy) is 1. The van der Waals surface area contributed by atoms with Crippen LogP contribution >= 0.6 is 0 Å². The maximum absolute atomic E-state index is 11.9. The Morgan fingerprint density at radius 1 is 1.21 bits per heavy atom. The molecule has 3 fully saturated rings. The van der Waals surface area contributed by atoms with Crippen LogP contribution in [0.2, 0.25) is 0 Å². The largest absolute Gasteiger partial charge is 0.368 e. The van der Waals surface area contributed by atoms with Gasteiger partial charge in [0.2, 0.25) is 5.91 Å². The van der Waals surface area contributed by atoms with E-state index in [0.29, 0.717) is 6.04 Å². The van der Waals surface area contributed by atoms with Crippen LogP contribution in [0.4, 0.5) is 0 Å². The molecule has 0 bridgehead atoms. The standard InChI is InChI=1S/C14H25N3O2/c18-14(10-19-13-3-6-15-7-4-13)16-11-5-8-17(9-11)12-1-2-12/h11-13,15H,1-10H2,(H,16,18). The molecule has 2 aliphatic heterocycles. The molecule has 0 spiro atoms. The first-order chi connectivity index (χ1) is 9.31. The van der Waals surface area contributed by atoms with Gasteiger partial charge in [-0.3, -0.25) is 9.69 Å². The Hall–Kier alpha value is -0.650. The Bertz CT molecular complexity index is 314. The Morgan fingerprint density at radius 2 is 2.00 bits per heavy atom. The van der Waals surface area contributed by atoms with Crippen molar-refractivity contribution in [1.29, 1.82) is 0 Å². The molecule has 1 aliphatic carbocycles. The molecule has 1 atom stereocenters. The summed E-state index contributed by atoms with van der Waals surface area (Å²) in [6, 6.07) is 1.15. The summed E-state index contributed by atoms with van der Waals surface area (Å²) in [6.45, 7) is 4.41. The molecular weight excluding hydrogens is 242 g/mol. The number of likely N-dealkylation sites (tertiary alicyclic amines) is 1. The molecular formula is C14H25N3O2. The lowest BCUT2D eigenvalue weighted by Gasteiger charge is -2.23. The molecule has 0 aromatic heterocycles. The summed E-state index contributed by atoms with van der Waals surface area (Å²) in [5.74, 6) is 0.0566. The van der Waals surface area contributed by atoms with Gasteiger partial charge in [0.15, 0.2) is 0 Å². The Labute approximate surface area is 115 Å². The highest BCUT2D eigenvalue weighted by Crippen LogP contribution is 2.29. The maximum Gasteiger partial charge on any atom is 0.246 e. The highest BCUT2D eigenvalue weighted by molar-refractivity contribution is 5.77. The van der Waals surface area contributed by atoms with E-state index in [2.05, 4.69) is 15.5 Å². The number of hydrogen-bond donors (Lipinski definition) is 2. The monoisotopic (exact) mass is 267 g/mol. The van der Waals surface area contributed by atoms with Crippen LogP contribution in [0, 0.1) is 0 Å². The van der Waals surface area contributed by atoms with Crippen LogP contribution < -0.4 is 10.6 Å². The molecule has 1 unspecified atom stereocenters. The van der Waals surface area contributed by atoms with Crippen molar-refractivity contribution in [3.8, 4) is 0 Å². The van der Waals surface area contributed by atoms with Crippen molar-refractivity contribution in [2.45, 2.75) is 50.3 Å². The van der Waals surface area contributed by atoms with Crippen LogP contribution in [0.15, 0.2) is 0 Å². The van der Waals surface area contributed by atoms with Crippen LogP contribution in [0.1, 0.15) is 32.1 Å². The molecule has 1 saturated carbocycles. The van der Waals surface area contributed by atoms with Crippen LogP contribution in [-0.4, -0.2) is 61.8 Å². The summed E-state index contributed by atoms with van der Waals surface area (Å²) in [5.41, 5.74) is 0. The summed E-state index contributed by atoms with van der Waals surface area (Å²) in [7, 11) is 0. The van der Waals surface area contributed by atoms with Gasteiger partial charge in [0, 0.05) is 25.2 Å². The third kappa shape index (κ3) is 3.91. The van der Waals surface area contributed by atoms with Crippen molar-refractivity contribution >= 4 is 5.91 Å². The van der Waals surface area contributed by atoms with Gasteiger partial charge in [-0.05, 0) is 45.2 Å². The van der Waals surface area contributed by atoms with Gasteiger partial charge in [-0.15, -0.1) is 0 Å². The summed E-state index contributed by atoms with van der Waals surface area (Å²) in [5, 5.41) is 6.41. The number of piperidine rings is 1. The van der Waals surface area contributed by atoms with Gasteiger partial charge >= 0.3 is 0 Å². The van der Waals surface area contributed by atoms with Gasteiger partial charge in [0.1, 0.15) is 6.61 Å². The zero-order valence-corrected chi connectivity index (χ0v) is 11.6. The normalized spacial score (nSPS) is 29.6. The van der Waals surface area contributed by atoms with Crippen LogP contribution in [0.5, 0.6) is 0 Å². The molecule has 0 radical (unpaired) electrons. The van der Waals surface area contributed by atoms with E-state index in [1.54, 1.807) is 0 Å². The minimum atomic E-state index is 0.0566. The zero-order valence-electron chi connectivity index (χ0n) is 11.6. The predicted molar refractivity (Wildman–Crippen MR) is 73.0 cm³/mol. The molecule has 3 rings (SSSR count). The fraction of sp³-hybridized carbons (Fsp3) is 0.929. The summed E-state index contributed by atoms with van der Waals surface area (Å²) >= 11 is 0. The van der Waals surface area contributed by atoms with Crippen LogP contribution in [0.25, 0.3) is 0 Å². The molecule has 5 nitrogen and oxygen atoms in total. The van der Waals surface area contributed by atoms with Crippen LogP contribution in [0.3, 0.4) is 0 Å². The number of rotatable bonds is 5. The SMILES string of the molecule is O=C(COC1CCNCC1)NC1CCN(C2CC2)C1. The first kappa shape index (κ1) is 13.3. The quantitative estimate of drug-likeness (QED) is 0.742. The Balaban J connectivity index is 1.32. The van der Waals surface area contributed by atoms with Crippen molar-refractivity contribution < 1.29 is 9.53 Å². The smallest absolute Gasteiger partial charge is 0.246 e.